The number of carbonyl (C=O) groups excluding carboxylic acids is 1. The lowest BCUT2D eigenvalue weighted by Gasteiger charge is -2.22. The number of carbonyl (C=O) groups is 1. The molecule has 1 aliphatic rings. The van der Waals surface area contributed by atoms with Crippen LogP contribution in [0.2, 0.25) is 0 Å². The molecule has 3 aromatic rings. The highest BCUT2D eigenvalue weighted by molar-refractivity contribution is 5.96. The number of nitrogens with one attached hydrogen (secondary N) is 1. The van der Waals surface area contributed by atoms with Crippen LogP contribution in [0.4, 0.5) is 43.9 Å². The Balaban J connectivity index is 1.73. The Labute approximate surface area is 206 Å². The normalized spacial score (nSPS) is 15.4. The van der Waals surface area contributed by atoms with Gasteiger partial charge in [-0.25, -0.2) is 18.1 Å². The van der Waals surface area contributed by atoms with E-state index < -0.39 is 53.6 Å². The molecule has 2 aromatic heterocycles. The lowest BCUT2D eigenvalue weighted by atomic mass is 10.0. The molecule has 1 saturated carbocycles. The van der Waals surface area contributed by atoms with Crippen LogP contribution in [0.1, 0.15) is 28.8 Å². The molecule has 7 nitrogen and oxygen atoms in total. The van der Waals surface area contributed by atoms with Crippen molar-refractivity contribution in [2.75, 3.05) is 0 Å². The van der Waals surface area contributed by atoms with Gasteiger partial charge in [0, 0.05) is 30.4 Å². The number of alkyl halides is 9. The molecule has 2 heterocycles. The third kappa shape index (κ3) is 5.26. The molecule has 1 aliphatic carbocycles. The second kappa shape index (κ2) is 9.20. The van der Waals surface area contributed by atoms with Gasteiger partial charge >= 0.3 is 18.5 Å². The molecule has 1 amide bonds. The van der Waals surface area contributed by atoms with E-state index >= 15 is 4.39 Å². The van der Waals surface area contributed by atoms with Gasteiger partial charge < -0.3 is 10.1 Å². The highest BCUT2D eigenvalue weighted by atomic mass is 19.4. The molecule has 4 rings (SSSR count). The van der Waals surface area contributed by atoms with Gasteiger partial charge in [-0.05, 0) is 18.9 Å². The van der Waals surface area contributed by atoms with Crippen molar-refractivity contribution in [2.45, 2.75) is 43.5 Å². The number of hydrogen-bond donors (Lipinski definition) is 1. The molecule has 206 valence electrons. The first-order valence-electron chi connectivity index (χ1n) is 10.6. The van der Waals surface area contributed by atoms with Gasteiger partial charge in [-0.1, -0.05) is 12.1 Å². The summed E-state index contributed by atoms with van der Waals surface area (Å²) in [5.74, 6) is -4.89. The molecule has 0 spiro atoms. The fraction of sp³-hybridized carbons (Fsp3) is 0.381. The number of ether oxygens (including phenoxy) is 1. The van der Waals surface area contributed by atoms with E-state index in [1.807, 2.05) is 0 Å². The predicted octanol–water partition coefficient (Wildman–Crippen LogP) is 5.19. The van der Waals surface area contributed by atoms with Gasteiger partial charge in [-0.3, -0.25) is 4.79 Å². The summed E-state index contributed by atoms with van der Waals surface area (Å²) in [7, 11) is 0.803. The van der Waals surface area contributed by atoms with E-state index in [4.69, 9.17) is 0 Å². The highest BCUT2D eigenvalue weighted by Crippen LogP contribution is 2.44. The fourth-order valence-electron chi connectivity index (χ4n) is 3.44. The van der Waals surface area contributed by atoms with Crippen LogP contribution >= 0.6 is 0 Å². The Morgan fingerprint density at radius 1 is 1.13 bits per heavy atom. The maximum atomic E-state index is 15.1. The molecular weight excluding hydrogens is 544 g/mol. The number of halogens is 10. The quantitative estimate of drug-likeness (QED) is 0.405. The standard InChI is InChI=1S/C21H15F10N5O2/c1-35-17(13(19(24,25)26)16(34-35)38-21(30,31)18(23)20(27,28)29)36-8-9(7-32-36)11-3-2-4-12(14(11)22)15(37)33-10-5-6-10/h2-4,7-8,10,18H,5-6H2,1H3,(H,33,37). The van der Waals surface area contributed by atoms with Crippen LogP contribution in [0.15, 0.2) is 30.6 Å². The average molecular weight is 559 g/mol. The summed E-state index contributed by atoms with van der Waals surface area (Å²) < 4.78 is 139. The second-order valence-corrected chi connectivity index (χ2v) is 8.28. The predicted molar refractivity (Wildman–Crippen MR) is 108 cm³/mol. The van der Waals surface area contributed by atoms with Gasteiger partial charge in [0.05, 0.1) is 11.8 Å². The average Bonchev–Trinajstić information content (AvgIpc) is 3.35. The van der Waals surface area contributed by atoms with Gasteiger partial charge in [-0.15, -0.1) is 5.10 Å². The van der Waals surface area contributed by atoms with Crippen LogP contribution in [-0.2, 0) is 13.2 Å². The third-order valence-corrected chi connectivity index (χ3v) is 5.35. The molecule has 0 radical (unpaired) electrons. The van der Waals surface area contributed by atoms with E-state index in [-0.39, 0.29) is 22.7 Å². The second-order valence-electron chi connectivity index (χ2n) is 8.28. The summed E-state index contributed by atoms with van der Waals surface area (Å²) in [6.07, 6.45) is -19.2. The van der Waals surface area contributed by atoms with Crippen molar-refractivity contribution >= 4 is 5.91 Å². The van der Waals surface area contributed by atoms with E-state index in [1.165, 1.54) is 18.2 Å². The van der Waals surface area contributed by atoms with Crippen molar-refractivity contribution in [1.29, 1.82) is 0 Å². The zero-order chi connectivity index (χ0) is 28.2. The van der Waals surface area contributed by atoms with Crippen molar-refractivity contribution in [1.82, 2.24) is 24.9 Å². The Hall–Kier alpha value is -3.79. The lowest BCUT2D eigenvalue weighted by molar-refractivity contribution is -0.306. The largest absolute Gasteiger partial charge is 0.440 e. The number of benzene rings is 1. The highest BCUT2D eigenvalue weighted by Gasteiger charge is 2.60. The minimum absolute atomic E-state index is 0.0912. The molecule has 38 heavy (non-hydrogen) atoms. The summed E-state index contributed by atoms with van der Waals surface area (Å²) in [6, 6.07) is 3.61. The smallest absolute Gasteiger partial charge is 0.410 e. The van der Waals surface area contributed by atoms with Crippen molar-refractivity contribution < 1.29 is 53.4 Å². The Morgan fingerprint density at radius 2 is 1.79 bits per heavy atom. The zero-order valence-corrected chi connectivity index (χ0v) is 18.8. The first-order valence-corrected chi connectivity index (χ1v) is 10.6. The van der Waals surface area contributed by atoms with Gasteiger partial charge in [0.1, 0.15) is 5.82 Å². The van der Waals surface area contributed by atoms with Crippen LogP contribution in [0.3, 0.4) is 0 Å². The Bertz CT molecular complexity index is 1360. The summed E-state index contributed by atoms with van der Waals surface area (Å²) in [5.41, 5.74) is -2.83. The van der Waals surface area contributed by atoms with E-state index in [0.29, 0.717) is 9.36 Å². The van der Waals surface area contributed by atoms with Crippen molar-refractivity contribution in [2.24, 2.45) is 7.05 Å². The number of rotatable bonds is 7. The summed E-state index contributed by atoms with van der Waals surface area (Å²) in [4.78, 5) is 12.3. The fourth-order valence-corrected chi connectivity index (χ4v) is 3.44. The number of nitrogens with zero attached hydrogens (tertiary/aromatic N) is 4. The van der Waals surface area contributed by atoms with E-state index in [1.54, 1.807) is 0 Å². The minimum Gasteiger partial charge on any atom is -0.410 e. The van der Waals surface area contributed by atoms with Gasteiger partial charge in [0.15, 0.2) is 11.4 Å². The van der Waals surface area contributed by atoms with Gasteiger partial charge in [0.2, 0.25) is 0 Å². The molecule has 0 saturated heterocycles. The monoisotopic (exact) mass is 559 g/mol. The summed E-state index contributed by atoms with van der Waals surface area (Å²) in [5, 5.41) is 9.28. The lowest BCUT2D eigenvalue weighted by Crippen LogP contribution is -2.46. The van der Waals surface area contributed by atoms with Crippen LogP contribution in [0, 0.1) is 5.82 Å². The topological polar surface area (TPSA) is 74.0 Å². The van der Waals surface area contributed by atoms with Crippen LogP contribution in [0.5, 0.6) is 5.88 Å². The van der Waals surface area contributed by atoms with Crippen LogP contribution in [-0.4, -0.2) is 50.0 Å². The number of amides is 1. The van der Waals surface area contributed by atoms with Crippen molar-refractivity contribution in [3.63, 3.8) is 0 Å². The van der Waals surface area contributed by atoms with Crippen molar-refractivity contribution in [3.05, 3.63) is 47.5 Å². The molecule has 1 fully saturated rings. The molecule has 17 heteroatoms. The molecular formula is C21H15F10N5O2. The van der Waals surface area contributed by atoms with E-state index in [2.05, 4.69) is 20.3 Å². The number of aryl methyl sites for hydroxylation is 1. The van der Waals surface area contributed by atoms with E-state index in [9.17, 15) is 44.3 Å². The first-order chi connectivity index (χ1) is 17.5. The summed E-state index contributed by atoms with van der Waals surface area (Å²) in [6.45, 7) is 0. The maximum Gasteiger partial charge on any atom is 0.440 e. The molecule has 0 aliphatic heterocycles. The Kier molecular flexibility index (Phi) is 6.59. The summed E-state index contributed by atoms with van der Waals surface area (Å²) >= 11 is 0. The number of aromatic nitrogens is 4. The first kappa shape index (κ1) is 27.3. The van der Waals surface area contributed by atoms with Gasteiger partial charge in [0.25, 0.3) is 18.0 Å². The molecule has 0 bridgehead atoms. The third-order valence-electron chi connectivity index (χ3n) is 5.35. The minimum atomic E-state index is -6.15. The zero-order valence-electron chi connectivity index (χ0n) is 18.8. The molecule has 1 atom stereocenters. The van der Waals surface area contributed by atoms with Crippen molar-refractivity contribution in [3.8, 4) is 22.8 Å². The van der Waals surface area contributed by atoms with Gasteiger partial charge in [-0.2, -0.15) is 40.2 Å². The van der Waals surface area contributed by atoms with Crippen LogP contribution < -0.4 is 10.1 Å². The molecule has 1 N–H and O–H groups in total. The van der Waals surface area contributed by atoms with Crippen LogP contribution in [0.25, 0.3) is 16.9 Å². The molecule has 1 unspecified atom stereocenters. The van der Waals surface area contributed by atoms with E-state index in [0.717, 1.165) is 32.3 Å². The molecule has 1 aromatic carbocycles. The number of hydrogen-bond acceptors (Lipinski definition) is 4. The Morgan fingerprint density at radius 3 is 2.37 bits per heavy atom. The SMILES string of the molecule is Cn1nc(OC(F)(F)C(F)C(F)(F)F)c(C(F)(F)F)c1-n1cc(-c2cccc(C(=O)NC3CC3)c2F)cn1. The maximum absolute atomic E-state index is 15.1.